The molecular formula is C14H22IN3O. The Hall–Kier alpha value is -1.24. The Bertz CT molecular complexity index is 407. The molecule has 0 aliphatic heterocycles. The summed E-state index contributed by atoms with van der Waals surface area (Å²) in [5.41, 5.74) is 1.08. The molecule has 0 amide bonds. The van der Waals surface area contributed by atoms with Gasteiger partial charge in [-0.3, -0.25) is 4.99 Å². The molecule has 1 aromatic rings. The summed E-state index contributed by atoms with van der Waals surface area (Å²) in [4.78, 5) is 4.44. The van der Waals surface area contributed by atoms with Crippen LogP contribution in [0, 0.1) is 0 Å². The van der Waals surface area contributed by atoms with Crippen molar-refractivity contribution in [1.29, 1.82) is 0 Å². The van der Waals surface area contributed by atoms with Crippen LogP contribution in [0.4, 0.5) is 0 Å². The molecule has 0 atom stereocenters. The van der Waals surface area contributed by atoms with Crippen molar-refractivity contribution in [2.24, 2.45) is 4.99 Å². The Labute approximate surface area is 132 Å². The van der Waals surface area contributed by atoms with E-state index in [9.17, 15) is 5.11 Å². The third-order valence-electron chi connectivity index (χ3n) is 2.34. The number of hydrogen-bond acceptors (Lipinski definition) is 2. The number of guanidine groups is 1. The highest BCUT2D eigenvalue weighted by Crippen LogP contribution is 2.11. The van der Waals surface area contributed by atoms with Gasteiger partial charge in [-0.2, -0.15) is 0 Å². The van der Waals surface area contributed by atoms with Crippen LogP contribution in [0.25, 0.3) is 0 Å². The van der Waals surface area contributed by atoms with Crippen LogP contribution in [0.3, 0.4) is 0 Å². The van der Waals surface area contributed by atoms with Crippen LogP contribution in [0.2, 0.25) is 0 Å². The van der Waals surface area contributed by atoms with Gasteiger partial charge in [-0.25, -0.2) is 0 Å². The molecule has 0 unspecified atom stereocenters. The maximum atomic E-state index is 9.35. The molecule has 0 saturated carbocycles. The minimum atomic E-state index is 0. The van der Waals surface area contributed by atoms with Crippen molar-refractivity contribution in [2.45, 2.75) is 13.3 Å². The van der Waals surface area contributed by atoms with Crippen molar-refractivity contribution in [1.82, 2.24) is 10.6 Å². The SMILES string of the molecule is C=CCNC(=NCCc1cccc(O)c1)NCC.I. The second-order valence-corrected chi connectivity index (χ2v) is 3.85. The molecule has 19 heavy (non-hydrogen) atoms. The first-order valence-corrected chi connectivity index (χ1v) is 6.17. The van der Waals surface area contributed by atoms with Gasteiger partial charge in [0.2, 0.25) is 0 Å². The van der Waals surface area contributed by atoms with Gasteiger partial charge in [0.25, 0.3) is 0 Å². The highest BCUT2D eigenvalue weighted by molar-refractivity contribution is 14.0. The summed E-state index contributed by atoms with van der Waals surface area (Å²) in [5, 5.41) is 15.6. The number of nitrogens with one attached hydrogen (secondary N) is 2. The molecule has 1 aromatic carbocycles. The molecule has 0 aliphatic rings. The fourth-order valence-corrected chi connectivity index (χ4v) is 1.52. The number of benzene rings is 1. The molecule has 4 nitrogen and oxygen atoms in total. The van der Waals surface area contributed by atoms with Crippen LogP contribution in [-0.4, -0.2) is 30.7 Å². The monoisotopic (exact) mass is 375 g/mol. The maximum absolute atomic E-state index is 9.35. The molecule has 0 radical (unpaired) electrons. The number of aromatic hydroxyl groups is 1. The van der Waals surface area contributed by atoms with Gasteiger partial charge < -0.3 is 15.7 Å². The number of phenolic OH excluding ortho intramolecular Hbond substituents is 1. The van der Waals surface area contributed by atoms with Crippen LogP contribution in [0.1, 0.15) is 12.5 Å². The Balaban J connectivity index is 0.00000324. The number of nitrogens with zero attached hydrogens (tertiary/aromatic N) is 1. The van der Waals surface area contributed by atoms with Crippen LogP contribution in [-0.2, 0) is 6.42 Å². The Morgan fingerprint density at radius 1 is 1.42 bits per heavy atom. The molecule has 5 heteroatoms. The maximum Gasteiger partial charge on any atom is 0.191 e. The lowest BCUT2D eigenvalue weighted by atomic mass is 10.1. The molecule has 3 N–H and O–H groups in total. The summed E-state index contributed by atoms with van der Waals surface area (Å²) >= 11 is 0. The Morgan fingerprint density at radius 2 is 2.21 bits per heavy atom. The van der Waals surface area contributed by atoms with Gasteiger partial charge in [0.1, 0.15) is 5.75 Å². The highest BCUT2D eigenvalue weighted by Gasteiger charge is 1.96. The van der Waals surface area contributed by atoms with E-state index in [4.69, 9.17) is 0 Å². The molecule has 0 aliphatic carbocycles. The van der Waals surface area contributed by atoms with E-state index in [0.29, 0.717) is 18.8 Å². The van der Waals surface area contributed by atoms with Gasteiger partial charge >= 0.3 is 0 Å². The zero-order chi connectivity index (χ0) is 13.2. The fourth-order valence-electron chi connectivity index (χ4n) is 1.52. The molecule has 0 aromatic heterocycles. The summed E-state index contributed by atoms with van der Waals surface area (Å²) in [7, 11) is 0. The first-order chi connectivity index (χ1) is 8.76. The smallest absolute Gasteiger partial charge is 0.191 e. The first-order valence-electron chi connectivity index (χ1n) is 6.17. The summed E-state index contributed by atoms with van der Waals surface area (Å²) in [6, 6.07) is 7.26. The normalized spacial score (nSPS) is 10.5. The summed E-state index contributed by atoms with van der Waals surface area (Å²) in [6.07, 6.45) is 2.60. The lowest BCUT2D eigenvalue weighted by Crippen LogP contribution is -2.37. The predicted molar refractivity (Wildman–Crippen MR) is 91.4 cm³/mol. The van der Waals surface area contributed by atoms with Crippen LogP contribution >= 0.6 is 24.0 Å². The van der Waals surface area contributed by atoms with Gasteiger partial charge in [0.15, 0.2) is 5.96 Å². The zero-order valence-electron chi connectivity index (χ0n) is 11.2. The third-order valence-corrected chi connectivity index (χ3v) is 2.34. The molecule has 106 valence electrons. The van der Waals surface area contributed by atoms with Gasteiger partial charge in [0, 0.05) is 19.6 Å². The lowest BCUT2D eigenvalue weighted by molar-refractivity contribution is 0.474. The van der Waals surface area contributed by atoms with E-state index in [0.717, 1.165) is 24.5 Å². The number of hydrogen-bond donors (Lipinski definition) is 3. The second kappa shape index (κ2) is 10.7. The average molecular weight is 375 g/mol. The van der Waals surface area contributed by atoms with Crippen molar-refractivity contribution >= 4 is 29.9 Å². The van der Waals surface area contributed by atoms with Crippen molar-refractivity contribution in [3.8, 4) is 5.75 Å². The first kappa shape index (κ1) is 17.8. The quantitative estimate of drug-likeness (QED) is 0.310. The van der Waals surface area contributed by atoms with Crippen LogP contribution < -0.4 is 10.6 Å². The van der Waals surface area contributed by atoms with Crippen molar-refractivity contribution in [2.75, 3.05) is 19.6 Å². The second-order valence-electron chi connectivity index (χ2n) is 3.85. The standard InChI is InChI=1S/C14H21N3O.HI/c1-3-9-16-14(15-4-2)17-10-8-12-6-5-7-13(18)11-12;/h3,5-7,11,18H,1,4,8-10H2,2H3,(H2,15,16,17);1H. The van der Waals surface area contributed by atoms with E-state index < -0.39 is 0 Å². The average Bonchev–Trinajstić information content (AvgIpc) is 2.36. The number of phenols is 1. The minimum Gasteiger partial charge on any atom is -0.508 e. The van der Waals surface area contributed by atoms with Gasteiger partial charge in [-0.05, 0) is 31.0 Å². The summed E-state index contributed by atoms with van der Waals surface area (Å²) in [6.45, 7) is 7.88. The van der Waals surface area contributed by atoms with Crippen LogP contribution in [0.5, 0.6) is 5.75 Å². The molecule has 1 rings (SSSR count). The van der Waals surface area contributed by atoms with E-state index >= 15 is 0 Å². The van der Waals surface area contributed by atoms with Gasteiger partial charge in [-0.1, -0.05) is 18.2 Å². The zero-order valence-corrected chi connectivity index (χ0v) is 13.6. The van der Waals surface area contributed by atoms with Crippen LogP contribution in [0.15, 0.2) is 41.9 Å². The van der Waals surface area contributed by atoms with Gasteiger partial charge in [0.05, 0.1) is 0 Å². The summed E-state index contributed by atoms with van der Waals surface area (Å²) < 4.78 is 0. The molecule has 0 heterocycles. The van der Waals surface area contributed by atoms with E-state index in [2.05, 4.69) is 22.2 Å². The van der Waals surface area contributed by atoms with E-state index in [1.165, 1.54) is 0 Å². The van der Waals surface area contributed by atoms with E-state index in [-0.39, 0.29) is 24.0 Å². The minimum absolute atomic E-state index is 0. The Morgan fingerprint density at radius 3 is 2.84 bits per heavy atom. The number of rotatable bonds is 6. The molecule has 0 fully saturated rings. The summed E-state index contributed by atoms with van der Waals surface area (Å²) in [5.74, 6) is 1.09. The van der Waals surface area contributed by atoms with Crippen molar-refractivity contribution in [3.63, 3.8) is 0 Å². The fraction of sp³-hybridized carbons (Fsp3) is 0.357. The highest BCUT2D eigenvalue weighted by atomic mass is 127. The molecule has 0 bridgehead atoms. The van der Waals surface area contributed by atoms with E-state index in [1.807, 2.05) is 19.1 Å². The van der Waals surface area contributed by atoms with E-state index in [1.54, 1.807) is 18.2 Å². The number of aliphatic imine (C=N–C) groups is 1. The third kappa shape index (κ3) is 7.71. The molecule has 0 saturated heterocycles. The molecule has 0 spiro atoms. The lowest BCUT2D eigenvalue weighted by Gasteiger charge is -2.09. The van der Waals surface area contributed by atoms with Gasteiger partial charge in [-0.15, -0.1) is 30.6 Å². The predicted octanol–water partition coefficient (Wildman–Crippen LogP) is 2.29. The molecular weight excluding hydrogens is 353 g/mol. The van der Waals surface area contributed by atoms with Crippen molar-refractivity contribution in [3.05, 3.63) is 42.5 Å². The largest absolute Gasteiger partial charge is 0.508 e. The van der Waals surface area contributed by atoms with Crippen molar-refractivity contribution < 1.29 is 5.11 Å². The number of halogens is 1. The topological polar surface area (TPSA) is 56.7 Å². The Kier molecular flexibility index (Phi) is 9.97.